The Morgan fingerprint density at radius 2 is 1.56 bits per heavy atom. The first-order valence-electron chi connectivity index (χ1n) is 9.93. The van der Waals surface area contributed by atoms with E-state index in [0.29, 0.717) is 6.42 Å². The van der Waals surface area contributed by atoms with Crippen LogP contribution >= 0.6 is 0 Å². The van der Waals surface area contributed by atoms with Crippen molar-refractivity contribution in [1.29, 1.82) is 0 Å². The quantitative estimate of drug-likeness (QED) is 0.244. The van der Waals surface area contributed by atoms with Gasteiger partial charge in [-0.15, -0.1) is 0 Å². The largest absolute Gasteiger partial charge is 0.321 e. The second-order valence-corrected chi connectivity index (χ2v) is 8.23. The van der Waals surface area contributed by atoms with Crippen LogP contribution in [0.4, 0.5) is 5.69 Å². The molecular formula is C21H33NO4S. The molecule has 0 aromatic heterocycles. The lowest BCUT2D eigenvalue weighted by molar-refractivity contribution is -0.111. The molecule has 1 aromatic carbocycles. The molecule has 0 spiro atoms. The maximum absolute atomic E-state index is 12.4. The molecule has 0 radical (unpaired) electrons. The molecule has 1 N–H and O–H groups in total. The molecule has 0 saturated heterocycles. The molecule has 5 nitrogen and oxygen atoms in total. The van der Waals surface area contributed by atoms with Gasteiger partial charge in [-0.1, -0.05) is 83.4 Å². The van der Waals surface area contributed by atoms with Crippen LogP contribution in [0.3, 0.4) is 0 Å². The fraction of sp³-hybridized carbons (Fsp3) is 0.571. The van der Waals surface area contributed by atoms with Gasteiger partial charge >= 0.3 is 0 Å². The van der Waals surface area contributed by atoms with Crippen LogP contribution in [0.2, 0.25) is 0 Å². The fourth-order valence-electron chi connectivity index (χ4n) is 2.79. The number of para-hydroxylation sites is 1. The van der Waals surface area contributed by atoms with Crippen LogP contribution in [0.5, 0.6) is 0 Å². The average molecular weight is 396 g/mol. The van der Waals surface area contributed by atoms with Crippen LogP contribution in [0.1, 0.15) is 71.1 Å². The number of carbonyl (C=O) groups is 1. The smallest absolute Gasteiger partial charge is 0.299 e. The van der Waals surface area contributed by atoms with Gasteiger partial charge in [0.15, 0.2) is 0 Å². The molecule has 152 valence electrons. The average Bonchev–Trinajstić information content (AvgIpc) is 2.66. The van der Waals surface area contributed by atoms with E-state index in [9.17, 15) is 13.2 Å². The maximum Gasteiger partial charge on any atom is 0.299 e. The zero-order valence-corrected chi connectivity index (χ0v) is 17.2. The van der Waals surface area contributed by atoms with Crippen LogP contribution in [0, 0.1) is 0 Å². The second-order valence-electron chi connectivity index (χ2n) is 6.65. The van der Waals surface area contributed by atoms with Gasteiger partial charge < -0.3 is 5.32 Å². The number of carbonyl (C=O) groups excluding carboxylic acids is 1. The molecule has 1 aromatic rings. The molecule has 1 amide bonds. The highest BCUT2D eigenvalue weighted by molar-refractivity contribution is 7.87. The van der Waals surface area contributed by atoms with Crippen molar-refractivity contribution in [3.05, 3.63) is 36.9 Å². The predicted octanol–water partition coefficient (Wildman–Crippen LogP) is 5.44. The van der Waals surface area contributed by atoms with E-state index in [4.69, 9.17) is 4.18 Å². The first kappa shape index (κ1) is 23.4. The summed E-state index contributed by atoms with van der Waals surface area (Å²) >= 11 is 0. The summed E-state index contributed by atoms with van der Waals surface area (Å²) in [6.45, 7) is 5.74. The van der Waals surface area contributed by atoms with Crippen LogP contribution in [-0.2, 0) is 19.1 Å². The lowest BCUT2D eigenvalue weighted by Crippen LogP contribution is -2.14. The van der Waals surface area contributed by atoms with Gasteiger partial charge in [0.05, 0.1) is 12.3 Å². The van der Waals surface area contributed by atoms with Crippen molar-refractivity contribution in [3.63, 3.8) is 0 Å². The standard InChI is InChI=1S/C21H33NO4S/c1-3-5-6-7-8-9-10-11-12-15-18-26-27(24,25)20-17-14-13-16-19(20)22-21(23)4-2/h4,13-14,16-17H,2-3,5-12,15,18H2,1H3,(H,22,23). The molecule has 0 fully saturated rings. The van der Waals surface area contributed by atoms with Gasteiger partial charge in [0.2, 0.25) is 5.91 Å². The molecule has 0 heterocycles. The molecule has 0 bridgehead atoms. The Morgan fingerprint density at radius 1 is 1.00 bits per heavy atom. The Kier molecular flexibility index (Phi) is 11.7. The Morgan fingerprint density at radius 3 is 2.15 bits per heavy atom. The Labute approximate surface area is 164 Å². The summed E-state index contributed by atoms with van der Waals surface area (Å²) in [7, 11) is -3.90. The van der Waals surface area contributed by atoms with E-state index in [1.54, 1.807) is 12.1 Å². The van der Waals surface area contributed by atoms with E-state index >= 15 is 0 Å². The highest BCUT2D eigenvalue weighted by Crippen LogP contribution is 2.23. The number of unbranched alkanes of at least 4 members (excludes halogenated alkanes) is 9. The number of hydrogen-bond acceptors (Lipinski definition) is 4. The second kappa shape index (κ2) is 13.5. The number of nitrogens with one attached hydrogen (secondary N) is 1. The molecule has 0 aliphatic rings. The molecule has 0 atom stereocenters. The van der Waals surface area contributed by atoms with Crippen molar-refractivity contribution in [2.24, 2.45) is 0 Å². The minimum Gasteiger partial charge on any atom is -0.321 e. The Balaban J connectivity index is 2.30. The number of amides is 1. The normalized spacial score (nSPS) is 11.3. The summed E-state index contributed by atoms with van der Waals surface area (Å²) in [6.07, 6.45) is 12.8. The molecular weight excluding hydrogens is 362 g/mol. The zero-order chi connectivity index (χ0) is 20.0. The lowest BCUT2D eigenvalue weighted by atomic mass is 10.1. The third-order valence-electron chi connectivity index (χ3n) is 4.34. The molecule has 0 unspecified atom stereocenters. The summed E-state index contributed by atoms with van der Waals surface area (Å²) in [5, 5.41) is 2.49. The summed E-state index contributed by atoms with van der Waals surface area (Å²) < 4.78 is 29.9. The van der Waals surface area contributed by atoms with Crippen molar-refractivity contribution in [1.82, 2.24) is 0 Å². The van der Waals surface area contributed by atoms with Crippen molar-refractivity contribution in [2.45, 2.75) is 76.0 Å². The van der Waals surface area contributed by atoms with Gasteiger partial charge in [0.25, 0.3) is 10.1 Å². The lowest BCUT2D eigenvalue weighted by Gasteiger charge is -2.11. The number of anilines is 1. The van der Waals surface area contributed by atoms with Crippen molar-refractivity contribution in [2.75, 3.05) is 11.9 Å². The van der Waals surface area contributed by atoms with E-state index in [1.807, 2.05) is 0 Å². The maximum atomic E-state index is 12.4. The van der Waals surface area contributed by atoms with Gasteiger partial charge in [-0.25, -0.2) is 0 Å². The molecule has 27 heavy (non-hydrogen) atoms. The Bertz CT molecular complexity index is 671. The minimum absolute atomic E-state index is 0.0349. The van der Waals surface area contributed by atoms with Gasteiger partial charge in [0, 0.05) is 0 Å². The predicted molar refractivity (Wildman–Crippen MR) is 110 cm³/mol. The minimum atomic E-state index is -3.90. The Hall–Kier alpha value is -1.66. The highest BCUT2D eigenvalue weighted by atomic mass is 32.2. The van der Waals surface area contributed by atoms with Crippen LogP contribution < -0.4 is 5.32 Å². The van der Waals surface area contributed by atoms with Gasteiger partial charge in [0.1, 0.15) is 4.90 Å². The van der Waals surface area contributed by atoms with Gasteiger partial charge in [-0.2, -0.15) is 8.42 Å². The van der Waals surface area contributed by atoms with E-state index < -0.39 is 16.0 Å². The highest BCUT2D eigenvalue weighted by Gasteiger charge is 2.19. The van der Waals surface area contributed by atoms with Gasteiger partial charge in [-0.05, 0) is 24.6 Å². The van der Waals surface area contributed by atoms with E-state index in [-0.39, 0.29) is 17.2 Å². The first-order valence-corrected chi connectivity index (χ1v) is 11.3. The third-order valence-corrected chi connectivity index (χ3v) is 5.71. The molecule has 0 saturated carbocycles. The molecule has 1 rings (SSSR count). The number of benzene rings is 1. The third kappa shape index (κ3) is 9.73. The number of hydrogen-bond donors (Lipinski definition) is 1. The topological polar surface area (TPSA) is 72.5 Å². The fourth-order valence-corrected chi connectivity index (χ4v) is 3.89. The van der Waals surface area contributed by atoms with Crippen molar-refractivity contribution in [3.8, 4) is 0 Å². The molecule has 6 heteroatoms. The van der Waals surface area contributed by atoms with Crippen molar-refractivity contribution >= 4 is 21.7 Å². The van der Waals surface area contributed by atoms with Crippen LogP contribution in [0.25, 0.3) is 0 Å². The van der Waals surface area contributed by atoms with E-state index in [0.717, 1.165) is 18.9 Å². The van der Waals surface area contributed by atoms with Gasteiger partial charge in [-0.3, -0.25) is 8.98 Å². The first-order chi connectivity index (χ1) is 13.0. The SMILES string of the molecule is C=CC(=O)Nc1ccccc1S(=O)(=O)OCCCCCCCCCCCC. The molecule has 0 aliphatic carbocycles. The van der Waals surface area contributed by atoms with Crippen molar-refractivity contribution < 1.29 is 17.4 Å². The number of rotatable bonds is 15. The summed E-state index contributed by atoms with van der Waals surface area (Å²) in [4.78, 5) is 11.4. The van der Waals surface area contributed by atoms with Crippen LogP contribution in [0.15, 0.2) is 41.8 Å². The monoisotopic (exact) mass is 395 g/mol. The zero-order valence-electron chi connectivity index (χ0n) is 16.4. The summed E-state index contributed by atoms with van der Waals surface area (Å²) in [5.41, 5.74) is 0.200. The summed E-state index contributed by atoms with van der Waals surface area (Å²) in [5.74, 6) is -0.465. The van der Waals surface area contributed by atoms with E-state index in [1.165, 1.54) is 57.1 Å². The summed E-state index contributed by atoms with van der Waals surface area (Å²) in [6, 6.07) is 6.20. The van der Waals surface area contributed by atoms with E-state index in [2.05, 4.69) is 18.8 Å². The van der Waals surface area contributed by atoms with Crippen LogP contribution in [-0.4, -0.2) is 20.9 Å². The molecule has 0 aliphatic heterocycles.